The molecule has 0 aliphatic carbocycles. The number of ether oxygens (including phenoxy) is 1. The Kier molecular flexibility index (Phi) is 5.16. The summed E-state index contributed by atoms with van der Waals surface area (Å²) in [5.74, 6) is -0.215. The van der Waals surface area contributed by atoms with Gasteiger partial charge < -0.3 is 9.72 Å². The van der Waals surface area contributed by atoms with Gasteiger partial charge in [0, 0.05) is 21.1 Å². The maximum Gasteiger partial charge on any atom is 0.310 e. The molecule has 122 valence electrons. The van der Waals surface area contributed by atoms with Crippen molar-refractivity contribution in [1.29, 1.82) is 0 Å². The molecule has 3 nitrogen and oxygen atoms in total. The first-order valence-electron chi connectivity index (χ1n) is 7.86. The molecule has 4 heteroatoms. The van der Waals surface area contributed by atoms with Gasteiger partial charge in [0.2, 0.25) is 0 Å². The second-order valence-electron chi connectivity index (χ2n) is 5.43. The molecule has 0 radical (unpaired) electrons. The van der Waals surface area contributed by atoms with Crippen LogP contribution in [0.1, 0.15) is 23.7 Å². The number of H-pyrrole nitrogens is 1. The van der Waals surface area contributed by atoms with Crippen LogP contribution in [0.4, 0.5) is 0 Å². The molecule has 1 heterocycles. The lowest BCUT2D eigenvalue weighted by Gasteiger charge is -2.03. The fraction of sp³-hybridized carbons (Fsp3) is 0.150. The van der Waals surface area contributed by atoms with E-state index in [4.69, 9.17) is 4.74 Å². The molecule has 1 N–H and O–H groups in total. The Morgan fingerprint density at radius 2 is 1.96 bits per heavy atom. The minimum Gasteiger partial charge on any atom is -0.466 e. The molecule has 0 unspecified atom stereocenters. The van der Waals surface area contributed by atoms with Crippen molar-refractivity contribution in [3.8, 4) is 0 Å². The summed E-state index contributed by atoms with van der Waals surface area (Å²) < 4.78 is 6.11. The summed E-state index contributed by atoms with van der Waals surface area (Å²) in [4.78, 5) is 15.4. The molecular formula is C20H18BrNO2. The molecule has 0 saturated carbocycles. The molecule has 3 rings (SSSR count). The number of esters is 1. The van der Waals surface area contributed by atoms with Gasteiger partial charge in [0.25, 0.3) is 0 Å². The molecule has 0 aliphatic heterocycles. The number of fused-ring (bicyclic) bond motifs is 1. The minimum absolute atomic E-state index is 0.215. The molecule has 0 aliphatic rings. The summed E-state index contributed by atoms with van der Waals surface area (Å²) in [7, 11) is 0. The van der Waals surface area contributed by atoms with Crippen molar-refractivity contribution in [2.75, 3.05) is 6.61 Å². The Labute approximate surface area is 149 Å². The second kappa shape index (κ2) is 7.49. The van der Waals surface area contributed by atoms with Crippen LogP contribution in [0.15, 0.2) is 53.0 Å². The minimum atomic E-state index is -0.215. The second-order valence-corrected chi connectivity index (χ2v) is 6.35. The molecular weight excluding hydrogens is 366 g/mol. The van der Waals surface area contributed by atoms with Crippen LogP contribution >= 0.6 is 15.9 Å². The Morgan fingerprint density at radius 1 is 1.17 bits per heavy atom. The van der Waals surface area contributed by atoms with Crippen LogP contribution in [0.2, 0.25) is 0 Å². The predicted molar refractivity (Wildman–Crippen MR) is 102 cm³/mol. The van der Waals surface area contributed by atoms with Gasteiger partial charge in [-0.1, -0.05) is 52.3 Å². The summed E-state index contributed by atoms with van der Waals surface area (Å²) in [6.07, 6.45) is 4.30. The quantitative estimate of drug-likeness (QED) is 0.614. The number of carbonyl (C=O) groups excluding carboxylic acids is 1. The van der Waals surface area contributed by atoms with E-state index in [1.54, 1.807) is 0 Å². The van der Waals surface area contributed by atoms with Gasteiger partial charge in [-0.3, -0.25) is 4.79 Å². The average Bonchev–Trinajstić information content (AvgIpc) is 2.91. The van der Waals surface area contributed by atoms with Gasteiger partial charge >= 0.3 is 5.97 Å². The zero-order chi connectivity index (χ0) is 16.9. The van der Waals surface area contributed by atoms with Crippen LogP contribution < -0.4 is 0 Å². The predicted octanol–water partition coefficient (Wildman–Crippen LogP) is 5.21. The summed E-state index contributed by atoms with van der Waals surface area (Å²) in [6, 6.07) is 16.1. The zero-order valence-electron chi connectivity index (χ0n) is 13.4. The normalized spacial score (nSPS) is 11.2. The highest BCUT2D eigenvalue weighted by Gasteiger charge is 2.14. The number of nitrogens with one attached hydrogen (secondary N) is 1. The Bertz CT molecular complexity index is 881. The highest BCUT2D eigenvalue weighted by atomic mass is 79.9. The first-order chi connectivity index (χ1) is 11.7. The van der Waals surface area contributed by atoms with Gasteiger partial charge in [-0.15, -0.1) is 0 Å². The monoisotopic (exact) mass is 383 g/mol. The molecule has 3 aromatic rings. The van der Waals surface area contributed by atoms with Gasteiger partial charge in [-0.05, 0) is 42.3 Å². The van der Waals surface area contributed by atoms with Crippen LogP contribution in [-0.4, -0.2) is 17.6 Å². The van der Waals surface area contributed by atoms with Crippen LogP contribution in [0.25, 0.3) is 23.1 Å². The van der Waals surface area contributed by atoms with E-state index in [9.17, 15) is 4.79 Å². The highest BCUT2D eigenvalue weighted by Crippen LogP contribution is 2.28. The van der Waals surface area contributed by atoms with E-state index in [2.05, 4.69) is 20.9 Å². The molecule has 0 bridgehead atoms. The molecule has 0 spiro atoms. The van der Waals surface area contributed by atoms with Crippen LogP contribution in [0.5, 0.6) is 0 Å². The first-order valence-corrected chi connectivity index (χ1v) is 8.65. The van der Waals surface area contributed by atoms with Crippen LogP contribution in [0, 0.1) is 0 Å². The summed E-state index contributed by atoms with van der Waals surface area (Å²) in [5, 5.41) is 1.03. The SMILES string of the molecule is CCOC(=O)Cc1c(/C=C/c2ccccc2)[nH]c2ccc(Br)cc12. The maximum atomic E-state index is 12.0. The van der Waals surface area contributed by atoms with Crippen molar-refractivity contribution in [3.05, 3.63) is 69.8 Å². The maximum absolute atomic E-state index is 12.0. The number of rotatable bonds is 5. The summed E-state index contributed by atoms with van der Waals surface area (Å²) in [6.45, 7) is 2.21. The zero-order valence-corrected chi connectivity index (χ0v) is 15.0. The van der Waals surface area contributed by atoms with Crippen molar-refractivity contribution in [2.45, 2.75) is 13.3 Å². The van der Waals surface area contributed by atoms with Gasteiger partial charge in [-0.25, -0.2) is 0 Å². The number of hydrogen-bond donors (Lipinski definition) is 1. The van der Waals surface area contributed by atoms with E-state index in [0.29, 0.717) is 6.61 Å². The lowest BCUT2D eigenvalue weighted by molar-refractivity contribution is -0.142. The molecule has 24 heavy (non-hydrogen) atoms. The summed E-state index contributed by atoms with van der Waals surface area (Å²) >= 11 is 3.50. The molecule has 0 fully saturated rings. The largest absolute Gasteiger partial charge is 0.466 e. The van der Waals surface area contributed by atoms with Gasteiger partial charge in [-0.2, -0.15) is 0 Å². The number of halogens is 1. The van der Waals surface area contributed by atoms with Crippen molar-refractivity contribution in [1.82, 2.24) is 4.98 Å². The number of aromatic amines is 1. The fourth-order valence-electron chi connectivity index (χ4n) is 2.67. The van der Waals surface area contributed by atoms with E-state index < -0.39 is 0 Å². The topological polar surface area (TPSA) is 42.1 Å². The van der Waals surface area contributed by atoms with E-state index in [0.717, 1.165) is 32.2 Å². The molecule has 2 aromatic carbocycles. The lowest BCUT2D eigenvalue weighted by Crippen LogP contribution is -2.08. The van der Waals surface area contributed by atoms with E-state index in [-0.39, 0.29) is 12.4 Å². The molecule has 1 aromatic heterocycles. The van der Waals surface area contributed by atoms with Gasteiger partial charge in [0.1, 0.15) is 0 Å². The fourth-order valence-corrected chi connectivity index (χ4v) is 3.03. The molecule has 0 amide bonds. The van der Waals surface area contributed by atoms with Gasteiger partial charge in [0.15, 0.2) is 0 Å². The number of benzene rings is 2. The summed E-state index contributed by atoms with van der Waals surface area (Å²) in [5.41, 5.74) is 4.00. The van der Waals surface area contributed by atoms with E-state index in [1.807, 2.05) is 67.6 Å². The van der Waals surface area contributed by atoms with Crippen molar-refractivity contribution in [3.63, 3.8) is 0 Å². The van der Waals surface area contributed by atoms with Crippen molar-refractivity contribution in [2.24, 2.45) is 0 Å². The third-order valence-electron chi connectivity index (χ3n) is 3.77. The van der Waals surface area contributed by atoms with Crippen molar-refractivity contribution < 1.29 is 9.53 Å². The van der Waals surface area contributed by atoms with Crippen molar-refractivity contribution >= 4 is 45.0 Å². The van der Waals surface area contributed by atoms with Crippen LogP contribution in [0.3, 0.4) is 0 Å². The van der Waals surface area contributed by atoms with Crippen LogP contribution in [-0.2, 0) is 16.0 Å². The number of aromatic nitrogens is 1. The number of carbonyl (C=O) groups is 1. The standard InChI is InChI=1S/C20H18BrNO2/c1-2-24-20(23)13-17-16-12-15(21)9-11-19(16)22-18(17)10-8-14-6-4-3-5-7-14/h3-12,22H,2,13H2,1H3/b10-8+. The third-order valence-corrected chi connectivity index (χ3v) is 4.26. The highest BCUT2D eigenvalue weighted by molar-refractivity contribution is 9.10. The molecule has 0 atom stereocenters. The number of hydrogen-bond acceptors (Lipinski definition) is 2. The first kappa shape index (κ1) is 16.5. The Morgan fingerprint density at radius 3 is 2.71 bits per heavy atom. The van der Waals surface area contributed by atoms with Gasteiger partial charge in [0.05, 0.1) is 13.0 Å². The lowest BCUT2D eigenvalue weighted by atomic mass is 10.1. The Balaban J connectivity index is 2.02. The van der Waals surface area contributed by atoms with E-state index in [1.165, 1.54) is 0 Å². The smallest absolute Gasteiger partial charge is 0.310 e. The molecule has 0 saturated heterocycles. The Hall–Kier alpha value is -2.33. The third kappa shape index (κ3) is 3.77. The van der Waals surface area contributed by atoms with E-state index >= 15 is 0 Å². The average molecular weight is 384 g/mol.